The van der Waals surface area contributed by atoms with Crippen molar-refractivity contribution in [3.05, 3.63) is 64.2 Å². The molecule has 0 aromatic heterocycles. The van der Waals surface area contributed by atoms with Crippen molar-refractivity contribution in [2.24, 2.45) is 11.8 Å². The van der Waals surface area contributed by atoms with Crippen molar-refractivity contribution in [1.82, 2.24) is 0 Å². The van der Waals surface area contributed by atoms with E-state index in [0.717, 1.165) is 36.6 Å². The highest BCUT2D eigenvalue weighted by molar-refractivity contribution is 6.31. The highest BCUT2D eigenvalue weighted by Gasteiger charge is 2.60. The first kappa shape index (κ1) is 31.8. The Hall–Kier alpha value is -2.66. The molecule has 1 aliphatic heterocycles. The van der Waals surface area contributed by atoms with Gasteiger partial charge in [0, 0.05) is 22.9 Å². The van der Waals surface area contributed by atoms with Gasteiger partial charge in [0.15, 0.2) is 6.29 Å². The van der Waals surface area contributed by atoms with Crippen LogP contribution in [0.3, 0.4) is 0 Å². The van der Waals surface area contributed by atoms with Crippen molar-refractivity contribution in [3.8, 4) is 0 Å². The van der Waals surface area contributed by atoms with Gasteiger partial charge in [-0.1, -0.05) is 36.7 Å². The molecule has 1 N–H and O–H groups in total. The molecule has 234 valence electrons. The summed E-state index contributed by atoms with van der Waals surface area (Å²) >= 11 is 6.14. The molecule has 0 bridgehead atoms. The molecule has 2 aromatic rings. The van der Waals surface area contributed by atoms with Gasteiger partial charge in [0.1, 0.15) is 5.54 Å². The molecule has 0 unspecified atom stereocenters. The minimum absolute atomic E-state index is 0.00252. The van der Waals surface area contributed by atoms with E-state index in [9.17, 15) is 27.9 Å². The standard InChI is InChI=1S/C32H37ClF3NO6/c1-20(19-38)15-23-16-21-7-8-22(27-42-13-4-14-43-27)17-26(21)30(23)9-11-31(12-10-30,29(40)41-2)37(28(39)32(34,35)36)25-6-3-5-24(33)18-25/h3,5-8,17-18,20,23,27,38H,4,9-16,19H2,1-2H3/t20-,23-,30?,31?/m1/s1. The predicted octanol–water partition coefficient (Wildman–Crippen LogP) is 6.29. The largest absolute Gasteiger partial charge is 0.471 e. The van der Waals surface area contributed by atoms with Gasteiger partial charge in [-0.05, 0) is 97.6 Å². The van der Waals surface area contributed by atoms with E-state index in [1.807, 2.05) is 13.0 Å². The molecule has 11 heteroatoms. The summed E-state index contributed by atoms with van der Waals surface area (Å²) in [6.45, 7) is 3.14. The van der Waals surface area contributed by atoms with Crippen LogP contribution >= 0.6 is 11.6 Å². The van der Waals surface area contributed by atoms with Gasteiger partial charge in [-0.2, -0.15) is 13.2 Å². The van der Waals surface area contributed by atoms with Crippen LogP contribution in [0.4, 0.5) is 18.9 Å². The smallest absolute Gasteiger partial charge is 0.467 e. The van der Waals surface area contributed by atoms with Gasteiger partial charge in [0.25, 0.3) is 0 Å². The van der Waals surface area contributed by atoms with Gasteiger partial charge >= 0.3 is 18.1 Å². The lowest BCUT2D eigenvalue weighted by Gasteiger charge is -2.51. The van der Waals surface area contributed by atoms with E-state index in [4.69, 9.17) is 25.8 Å². The number of benzene rings is 2. The quantitative estimate of drug-likeness (QED) is 0.365. The van der Waals surface area contributed by atoms with Crippen LogP contribution in [0.5, 0.6) is 0 Å². The van der Waals surface area contributed by atoms with Gasteiger partial charge < -0.3 is 19.3 Å². The maximum atomic E-state index is 14.1. The van der Waals surface area contributed by atoms with Crippen LogP contribution in [0.2, 0.25) is 5.02 Å². The SMILES string of the molecule is COC(=O)C1(N(C(=O)C(F)(F)F)c2cccc(Cl)c2)CCC2(CC1)c1cc(C3OCCCO3)ccc1C[C@H]2C[C@@H](C)CO. The maximum absolute atomic E-state index is 14.1. The van der Waals surface area contributed by atoms with Crippen LogP contribution in [0, 0.1) is 11.8 Å². The third-order valence-electron chi connectivity index (χ3n) is 9.49. The van der Waals surface area contributed by atoms with E-state index >= 15 is 0 Å². The highest BCUT2D eigenvalue weighted by Crippen LogP contribution is 2.57. The van der Waals surface area contributed by atoms with Gasteiger partial charge in [0.2, 0.25) is 0 Å². The third kappa shape index (κ3) is 5.91. The van der Waals surface area contributed by atoms with E-state index in [0.29, 0.717) is 37.4 Å². The Morgan fingerprint density at radius 1 is 1.12 bits per heavy atom. The highest BCUT2D eigenvalue weighted by atomic mass is 35.5. The molecule has 2 aliphatic carbocycles. The molecule has 2 atom stereocenters. The number of amides is 1. The average Bonchev–Trinajstić information content (AvgIpc) is 3.29. The monoisotopic (exact) mass is 623 g/mol. The fourth-order valence-corrected chi connectivity index (χ4v) is 7.59. The number of aliphatic hydroxyl groups is 1. The number of carbonyl (C=O) groups is 2. The lowest BCUT2D eigenvalue weighted by molar-refractivity contribution is -0.183. The minimum Gasteiger partial charge on any atom is -0.467 e. The third-order valence-corrected chi connectivity index (χ3v) is 9.73. The first-order chi connectivity index (χ1) is 20.4. The number of fused-ring (bicyclic) bond motifs is 2. The number of methoxy groups -OCH3 is 1. The molecular formula is C32H37ClF3NO6. The number of esters is 1. The summed E-state index contributed by atoms with van der Waals surface area (Å²) < 4.78 is 59.2. The van der Waals surface area contributed by atoms with Crippen LogP contribution in [-0.4, -0.2) is 55.6 Å². The summed E-state index contributed by atoms with van der Waals surface area (Å²) in [4.78, 5) is 27.2. The average molecular weight is 624 g/mol. The molecule has 0 radical (unpaired) electrons. The number of halogens is 4. The zero-order valence-electron chi connectivity index (χ0n) is 24.3. The Kier molecular flexibility index (Phi) is 9.14. The number of hydrogen-bond acceptors (Lipinski definition) is 6. The number of ether oxygens (including phenoxy) is 3. The lowest BCUT2D eigenvalue weighted by Crippen LogP contribution is -2.63. The molecule has 1 saturated heterocycles. The van der Waals surface area contributed by atoms with E-state index < -0.39 is 35.3 Å². The zero-order valence-corrected chi connectivity index (χ0v) is 25.0. The Labute approximate surface area is 254 Å². The predicted molar refractivity (Wildman–Crippen MR) is 154 cm³/mol. The number of nitrogens with zero attached hydrogens (tertiary/aromatic N) is 1. The maximum Gasteiger partial charge on any atom is 0.471 e. The van der Waals surface area contributed by atoms with Crippen molar-refractivity contribution in [1.29, 1.82) is 0 Å². The number of anilines is 1. The van der Waals surface area contributed by atoms with Crippen molar-refractivity contribution < 1.29 is 42.1 Å². The van der Waals surface area contributed by atoms with Crippen molar-refractivity contribution in [2.75, 3.05) is 31.8 Å². The van der Waals surface area contributed by atoms with E-state index in [1.54, 1.807) is 0 Å². The molecule has 7 nitrogen and oxygen atoms in total. The van der Waals surface area contributed by atoms with E-state index in [1.165, 1.54) is 24.3 Å². The molecule has 2 aromatic carbocycles. The van der Waals surface area contributed by atoms with Crippen LogP contribution in [0.1, 0.15) is 68.4 Å². The van der Waals surface area contributed by atoms with Gasteiger partial charge in [-0.3, -0.25) is 9.69 Å². The summed E-state index contributed by atoms with van der Waals surface area (Å²) in [7, 11) is 1.12. The molecule has 1 amide bonds. The molecule has 5 rings (SSSR count). The molecule has 2 fully saturated rings. The summed E-state index contributed by atoms with van der Waals surface area (Å²) in [6.07, 6.45) is -2.97. The summed E-state index contributed by atoms with van der Waals surface area (Å²) in [6, 6.07) is 11.7. The van der Waals surface area contributed by atoms with E-state index in [2.05, 4.69) is 12.1 Å². The second kappa shape index (κ2) is 12.4. The Bertz CT molecular complexity index is 1340. The number of aliphatic hydroxyl groups excluding tert-OH is 1. The molecule has 1 spiro atoms. The fourth-order valence-electron chi connectivity index (χ4n) is 7.41. The van der Waals surface area contributed by atoms with Crippen molar-refractivity contribution in [2.45, 2.75) is 75.3 Å². The molecule has 1 saturated carbocycles. The fraction of sp³-hybridized carbons (Fsp3) is 0.562. The van der Waals surface area contributed by atoms with Crippen molar-refractivity contribution >= 4 is 29.2 Å². The second-order valence-electron chi connectivity index (χ2n) is 12.1. The number of carbonyl (C=O) groups excluding carboxylic acids is 2. The van der Waals surface area contributed by atoms with E-state index in [-0.39, 0.29) is 42.0 Å². The Balaban J connectivity index is 1.58. The number of rotatable bonds is 7. The Morgan fingerprint density at radius 3 is 2.42 bits per heavy atom. The van der Waals surface area contributed by atoms with Crippen LogP contribution < -0.4 is 4.90 Å². The summed E-state index contributed by atoms with van der Waals surface area (Å²) in [5.74, 6) is -2.98. The summed E-state index contributed by atoms with van der Waals surface area (Å²) in [5.41, 5.74) is 0.530. The lowest BCUT2D eigenvalue weighted by atomic mass is 9.59. The number of hydrogen-bond donors (Lipinski definition) is 1. The van der Waals surface area contributed by atoms with Gasteiger partial charge in [-0.15, -0.1) is 0 Å². The minimum atomic E-state index is -5.24. The van der Waals surface area contributed by atoms with Crippen LogP contribution in [0.15, 0.2) is 42.5 Å². The zero-order chi connectivity index (χ0) is 31.0. The summed E-state index contributed by atoms with van der Waals surface area (Å²) in [5, 5.41) is 10.0. The van der Waals surface area contributed by atoms with Crippen molar-refractivity contribution in [3.63, 3.8) is 0 Å². The number of alkyl halides is 3. The second-order valence-corrected chi connectivity index (χ2v) is 12.5. The topological polar surface area (TPSA) is 85.3 Å². The Morgan fingerprint density at radius 2 is 1.81 bits per heavy atom. The molecule has 1 heterocycles. The normalized spacial score (nSPS) is 26.6. The molecular weight excluding hydrogens is 587 g/mol. The van der Waals surface area contributed by atoms with Gasteiger partial charge in [0.05, 0.1) is 20.3 Å². The molecule has 3 aliphatic rings. The molecule has 43 heavy (non-hydrogen) atoms. The first-order valence-corrected chi connectivity index (χ1v) is 15.1. The van der Waals surface area contributed by atoms with Crippen LogP contribution in [0.25, 0.3) is 0 Å². The first-order valence-electron chi connectivity index (χ1n) is 14.7. The van der Waals surface area contributed by atoms with Crippen LogP contribution in [-0.2, 0) is 35.6 Å². The van der Waals surface area contributed by atoms with Gasteiger partial charge in [-0.25, -0.2) is 4.79 Å².